The van der Waals surface area contributed by atoms with Crippen molar-refractivity contribution in [1.82, 2.24) is 0 Å². The summed E-state index contributed by atoms with van der Waals surface area (Å²) < 4.78 is 0. The minimum atomic E-state index is 1.01. The molecule has 1 radical (unpaired) electrons. The summed E-state index contributed by atoms with van der Waals surface area (Å²) in [5.41, 5.74) is 0. The van der Waals surface area contributed by atoms with Crippen LogP contribution in [0.1, 0.15) is 39.0 Å². The smallest absolute Gasteiger partial charge is 0.0179 e. The Morgan fingerprint density at radius 2 is 1.78 bits per heavy atom. The van der Waals surface area contributed by atoms with Gasteiger partial charge in [-0.1, -0.05) is 19.8 Å². The van der Waals surface area contributed by atoms with Gasteiger partial charge in [-0.3, -0.25) is 0 Å². The average Bonchev–Trinajstić information content (AvgIpc) is 2.44. The summed E-state index contributed by atoms with van der Waals surface area (Å²) in [7, 11) is 0. The van der Waals surface area contributed by atoms with E-state index < -0.39 is 0 Å². The quantitative estimate of drug-likeness (QED) is 0.503. The van der Waals surface area contributed by atoms with Crippen LogP contribution in [0.25, 0.3) is 0 Å². The molecule has 0 nitrogen and oxygen atoms in total. The van der Waals surface area contributed by atoms with Crippen molar-refractivity contribution in [3.8, 4) is 0 Å². The Morgan fingerprint density at radius 1 is 1.22 bits per heavy atom. The van der Waals surface area contributed by atoms with Crippen molar-refractivity contribution in [2.75, 3.05) is 0 Å². The van der Waals surface area contributed by atoms with Gasteiger partial charge in [-0.25, -0.2) is 0 Å². The van der Waals surface area contributed by atoms with Gasteiger partial charge in [-0.15, -0.1) is 0 Å². The molecule has 0 aromatic carbocycles. The minimum Gasteiger partial charge on any atom is -0.0619 e. The molecule has 51 valence electrons. The second-order valence-corrected chi connectivity index (χ2v) is 3.66. The molecule has 0 aromatic rings. The van der Waals surface area contributed by atoms with Gasteiger partial charge in [0, 0.05) is 0 Å². The van der Waals surface area contributed by atoms with Crippen molar-refractivity contribution in [2.24, 2.45) is 11.8 Å². The first-order valence-electron chi connectivity index (χ1n) is 4.23. The second-order valence-electron chi connectivity index (χ2n) is 3.66. The minimum absolute atomic E-state index is 1.01. The van der Waals surface area contributed by atoms with E-state index in [4.69, 9.17) is 0 Å². The van der Waals surface area contributed by atoms with Gasteiger partial charge in [0.25, 0.3) is 0 Å². The van der Waals surface area contributed by atoms with Crippen LogP contribution in [-0.2, 0) is 0 Å². The van der Waals surface area contributed by atoms with Crippen LogP contribution in [-0.4, -0.2) is 0 Å². The van der Waals surface area contributed by atoms with E-state index in [-0.39, 0.29) is 0 Å². The highest BCUT2D eigenvalue weighted by atomic mass is 14.4. The fraction of sp³-hybridized carbons (Fsp3) is 0.889. The molecule has 0 bridgehead atoms. The lowest BCUT2D eigenvalue weighted by molar-refractivity contribution is 0.602. The molecular weight excluding hydrogens is 108 g/mol. The monoisotopic (exact) mass is 123 g/mol. The first-order valence-corrected chi connectivity index (χ1v) is 4.23. The number of hydrogen-bond acceptors (Lipinski definition) is 0. The third kappa shape index (κ3) is 0.997. The van der Waals surface area contributed by atoms with E-state index in [2.05, 4.69) is 6.92 Å². The Kier molecular flexibility index (Phi) is 1.28. The molecule has 2 rings (SSSR count). The van der Waals surface area contributed by atoms with Gasteiger partial charge < -0.3 is 0 Å². The molecular formula is C9H15. The Hall–Kier alpha value is 0. The van der Waals surface area contributed by atoms with Crippen molar-refractivity contribution < 1.29 is 0 Å². The highest BCUT2D eigenvalue weighted by Gasteiger charge is 2.40. The van der Waals surface area contributed by atoms with Gasteiger partial charge in [0.05, 0.1) is 0 Å². The zero-order chi connectivity index (χ0) is 6.27. The lowest BCUT2D eigenvalue weighted by Gasteiger charge is -2.04. The Balaban J connectivity index is 1.85. The summed E-state index contributed by atoms with van der Waals surface area (Å²) in [6.07, 6.45) is 7.49. The van der Waals surface area contributed by atoms with E-state index in [0.717, 1.165) is 11.8 Å². The second kappa shape index (κ2) is 2.00. The van der Waals surface area contributed by atoms with Gasteiger partial charge >= 0.3 is 0 Å². The number of rotatable bonds is 1. The molecule has 0 spiro atoms. The summed E-state index contributed by atoms with van der Waals surface area (Å²) in [4.78, 5) is 0. The Labute approximate surface area is 57.6 Å². The van der Waals surface area contributed by atoms with Crippen LogP contribution < -0.4 is 0 Å². The maximum Gasteiger partial charge on any atom is -0.0179 e. The fourth-order valence-electron chi connectivity index (χ4n) is 2.16. The Bertz CT molecular complexity index is 101. The lowest BCUT2D eigenvalue weighted by atomic mass is 10.0. The van der Waals surface area contributed by atoms with Gasteiger partial charge in [0.1, 0.15) is 0 Å². The van der Waals surface area contributed by atoms with Crippen LogP contribution in [0.5, 0.6) is 0 Å². The lowest BCUT2D eigenvalue weighted by Crippen LogP contribution is -1.93. The SMILES string of the molecule is CC1C[C]1C1CCCC1. The zero-order valence-electron chi connectivity index (χ0n) is 6.19. The van der Waals surface area contributed by atoms with Crippen molar-refractivity contribution in [3.05, 3.63) is 5.92 Å². The van der Waals surface area contributed by atoms with E-state index >= 15 is 0 Å². The molecule has 0 saturated heterocycles. The van der Waals surface area contributed by atoms with E-state index in [0.29, 0.717) is 0 Å². The average molecular weight is 123 g/mol. The van der Waals surface area contributed by atoms with E-state index in [1.54, 1.807) is 0 Å². The number of hydrogen-bond donors (Lipinski definition) is 0. The first-order chi connectivity index (χ1) is 4.38. The van der Waals surface area contributed by atoms with E-state index in [9.17, 15) is 0 Å². The van der Waals surface area contributed by atoms with Crippen molar-refractivity contribution in [2.45, 2.75) is 39.0 Å². The molecule has 9 heavy (non-hydrogen) atoms. The van der Waals surface area contributed by atoms with Crippen LogP contribution in [0.3, 0.4) is 0 Å². The first kappa shape index (κ1) is 5.76. The molecule has 0 heteroatoms. The molecule has 0 N–H and O–H groups in total. The highest BCUT2D eigenvalue weighted by molar-refractivity contribution is 5.16. The Morgan fingerprint density at radius 3 is 2.22 bits per heavy atom. The van der Waals surface area contributed by atoms with Crippen molar-refractivity contribution >= 4 is 0 Å². The molecule has 0 aromatic heterocycles. The summed E-state index contributed by atoms with van der Waals surface area (Å²) >= 11 is 0. The fourth-order valence-corrected chi connectivity index (χ4v) is 2.16. The normalized spacial score (nSPS) is 37.7. The van der Waals surface area contributed by atoms with Gasteiger partial charge in [-0.05, 0) is 37.0 Å². The summed E-state index contributed by atoms with van der Waals surface area (Å²) in [5, 5.41) is 0. The van der Waals surface area contributed by atoms with Crippen LogP contribution in [0, 0.1) is 17.8 Å². The molecule has 0 aliphatic heterocycles. The van der Waals surface area contributed by atoms with Crippen LogP contribution >= 0.6 is 0 Å². The van der Waals surface area contributed by atoms with Gasteiger partial charge in [0.15, 0.2) is 0 Å². The molecule has 2 aliphatic carbocycles. The predicted molar refractivity (Wildman–Crippen MR) is 39.0 cm³/mol. The molecule has 2 aliphatic rings. The van der Waals surface area contributed by atoms with Gasteiger partial charge in [0.2, 0.25) is 0 Å². The van der Waals surface area contributed by atoms with E-state index in [1.807, 2.05) is 5.92 Å². The molecule has 2 saturated carbocycles. The van der Waals surface area contributed by atoms with Crippen LogP contribution in [0.4, 0.5) is 0 Å². The maximum absolute atomic E-state index is 2.37. The molecule has 2 fully saturated rings. The summed E-state index contributed by atoms with van der Waals surface area (Å²) in [5.74, 6) is 3.97. The van der Waals surface area contributed by atoms with Gasteiger partial charge in [-0.2, -0.15) is 0 Å². The topological polar surface area (TPSA) is 0 Å². The zero-order valence-corrected chi connectivity index (χ0v) is 6.19. The van der Waals surface area contributed by atoms with Crippen LogP contribution in [0.15, 0.2) is 0 Å². The van der Waals surface area contributed by atoms with E-state index in [1.165, 1.54) is 32.1 Å². The molecule has 1 atom stereocenters. The molecule has 0 amide bonds. The third-order valence-corrected chi connectivity index (χ3v) is 2.89. The largest absolute Gasteiger partial charge is 0.0619 e. The molecule has 0 heterocycles. The third-order valence-electron chi connectivity index (χ3n) is 2.89. The van der Waals surface area contributed by atoms with Crippen molar-refractivity contribution in [3.63, 3.8) is 0 Å². The van der Waals surface area contributed by atoms with Crippen LogP contribution in [0.2, 0.25) is 0 Å². The van der Waals surface area contributed by atoms with Crippen molar-refractivity contribution in [1.29, 1.82) is 0 Å². The summed E-state index contributed by atoms with van der Waals surface area (Å²) in [6.45, 7) is 2.37. The molecule has 1 unspecified atom stereocenters. The summed E-state index contributed by atoms with van der Waals surface area (Å²) in [6, 6.07) is 0. The predicted octanol–water partition coefficient (Wildman–Crippen LogP) is 2.79. The highest BCUT2D eigenvalue weighted by Crippen LogP contribution is 2.51. The standard InChI is InChI=1S/C9H15/c1-7-6-9(7)8-4-2-3-5-8/h7-8H,2-6H2,1H3. The maximum atomic E-state index is 2.37.